The Kier molecular flexibility index (Phi) is 5.45. The number of hydrogen-bond acceptors (Lipinski definition) is 7. The minimum absolute atomic E-state index is 0.0136. The number of aryl methyl sites for hydroxylation is 2. The normalized spacial score (nSPS) is 10.2. The third-order valence-electron chi connectivity index (χ3n) is 4.10. The van der Waals surface area contributed by atoms with Crippen LogP contribution < -0.4 is 16.2 Å². The largest absolute Gasteiger partial charge is 0.355 e. The molecule has 0 fully saturated rings. The molecule has 9 nitrogen and oxygen atoms in total. The SMILES string of the molecule is Cc1ccc(Nc2ncnc(NNC(=O)c3ccccc3)c2[N+](=O)[O-])cc1C. The molecule has 3 aromatic rings. The van der Waals surface area contributed by atoms with Gasteiger partial charge in [0.25, 0.3) is 5.91 Å². The molecule has 2 aromatic carbocycles. The lowest BCUT2D eigenvalue weighted by atomic mass is 10.1. The van der Waals surface area contributed by atoms with Crippen molar-refractivity contribution in [3.63, 3.8) is 0 Å². The van der Waals surface area contributed by atoms with E-state index in [1.807, 2.05) is 26.0 Å². The second kappa shape index (κ2) is 8.12. The average molecular weight is 378 g/mol. The number of nitrogens with one attached hydrogen (secondary N) is 3. The summed E-state index contributed by atoms with van der Waals surface area (Å²) in [5.41, 5.74) is 7.74. The van der Waals surface area contributed by atoms with Crippen LogP contribution in [0, 0.1) is 24.0 Å². The lowest BCUT2D eigenvalue weighted by Gasteiger charge is -2.11. The first-order chi connectivity index (χ1) is 13.5. The molecule has 0 aliphatic rings. The first-order valence-electron chi connectivity index (χ1n) is 8.41. The Hall–Kier alpha value is -4.01. The van der Waals surface area contributed by atoms with Crippen molar-refractivity contribution >= 4 is 28.9 Å². The maximum Gasteiger partial charge on any atom is 0.355 e. The van der Waals surface area contributed by atoms with Gasteiger partial charge in [-0.05, 0) is 49.2 Å². The summed E-state index contributed by atoms with van der Waals surface area (Å²) < 4.78 is 0. The Morgan fingerprint density at radius 2 is 1.71 bits per heavy atom. The Morgan fingerprint density at radius 1 is 1.00 bits per heavy atom. The van der Waals surface area contributed by atoms with Crippen LogP contribution in [0.5, 0.6) is 0 Å². The number of carbonyl (C=O) groups is 1. The van der Waals surface area contributed by atoms with Gasteiger partial charge in [-0.2, -0.15) is 0 Å². The van der Waals surface area contributed by atoms with Crippen LogP contribution in [0.2, 0.25) is 0 Å². The number of amides is 1. The van der Waals surface area contributed by atoms with Crippen LogP contribution in [0.3, 0.4) is 0 Å². The van der Waals surface area contributed by atoms with Gasteiger partial charge in [0.05, 0.1) is 4.92 Å². The maximum absolute atomic E-state index is 12.1. The van der Waals surface area contributed by atoms with E-state index in [9.17, 15) is 14.9 Å². The highest BCUT2D eigenvalue weighted by Crippen LogP contribution is 2.31. The van der Waals surface area contributed by atoms with Crippen molar-refractivity contribution in [2.75, 3.05) is 10.7 Å². The zero-order valence-corrected chi connectivity index (χ0v) is 15.3. The van der Waals surface area contributed by atoms with Crippen LogP contribution in [0.15, 0.2) is 54.9 Å². The Balaban J connectivity index is 1.84. The lowest BCUT2D eigenvalue weighted by Crippen LogP contribution is -2.30. The van der Waals surface area contributed by atoms with Gasteiger partial charge in [0, 0.05) is 11.3 Å². The number of rotatable bonds is 6. The van der Waals surface area contributed by atoms with Crippen LogP contribution in [-0.4, -0.2) is 20.8 Å². The summed E-state index contributed by atoms with van der Waals surface area (Å²) in [6.45, 7) is 3.92. The molecule has 9 heteroatoms. The predicted molar refractivity (Wildman–Crippen MR) is 105 cm³/mol. The van der Waals surface area contributed by atoms with Gasteiger partial charge < -0.3 is 5.32 Å². The molecule has 0 atom stereocenters. The fraction of sp³-hybridized carbons (Fsp3) is 0.105. The summed E-state index contributed by atoms with van der Waals surface area (Å²) in [5.74, 6) is -0.562. The molecule has 1 amide bonds. The second-order valence-electron chi connectivity index (χ2n) is 6.05. The number of hydrogen-bond donors (Lipinski definition) is 3. The van der Waals surface area contributed by atoms with Crippen molar-refractivity contribution in [2.24, 2.45) is 0 Å². The zero-order valence-electron chi connectivity index (χ0n) is 15.3. The molecular weight excluding hydrogens is 360 g/mol. The van der Waals surface area contributed by atoms with Crippen LogP contribution in [0.25, 0.3) is 0 Å². The molecule has 0 spiro atoms. The van der Waals surface area contributed by atoms with Crippen molar-refractivity contribution in [3.05, 3.63) is 81.7 Å². The molecule has 142 valence electrons. The number of anilines is 3. The maximum atomic E-state index is 12.1. The monoisotopic (exact) mass is 378 g/mol. The van der Waals surface area contributed by atoms with Gasteiger partial charge >= 0.3 is 5.69 Å². The van der Waals surface area contributed by atoms with Crippen molar-refractivity contribution in [3.8, 4) is 0 Å². The van der Waals surface area contributed by atoms with Crippen LogP contribution >= 0.6 is 0 Å². The topological polar surface area (TPSA) is 122 Å². The lowest BCUT2D eigenvalue weighted by molar-refractivity contribution is -0.383. The summed E-state index contributed by atoms with van der Waals surface area (Å²) in [7, 11) is 0. The first-order valence-corrected chi connectivity index (χ1v) is 8.41. The quantitative estimate of drug-likeness (QED) is 0.443. The van der Waals surface area contributed by atoms with Gasteiger partial charge in [-0.1, -0.05) is 24.3 Å². The van der Waals surface area contributed by atoms with Crippen LogP contribution in [-0.2, 0) is 0 Å². The molecule has 0 unspecified atom stereocenters. The molecule has 0 aliphatic heterocycles. The summed E-state index contributed by atoms with van der Waals surface area (Å²) in [5, 5.41) is 14.5. The third-order valence-corrected chi connectivity index (χ3v) is 4.10. The minimum atomic E-state index is -0.611. The number of carbonyl (C=O) groups excluding carboxylic acids is 1. The standard InChI is InChI=1S/C19H18N6O3/c1-12-8-9-15(10-13(12)2)22-17-16(25(27)28)18(21-11-20-17)23-24-19(26)14-6-4-3-5-7-14/h3-11H,1-2H3,(H,24,26)(H2,20,21,22,23). The van der Waals surface area contributed by atoms with Crippen molar-refractivity contribution in [2.45, 2.75) is 13.8 Å². The van der Waals surface area contributed by atoms with E-state index in [-0.39, 0.29) is 17.3 Å². The van der Waals surface area contributed by atoms with Gasteiger partial charge in [0.2, 0.25) is 11.6 Å². The molecule has 28 heavy (non-hydrogen) atoms. The molecule has 0 bridgehead atoms. The van der Waals surface area contributed by atoms with Crippen LogP contribution in [0.4, 0.5) is 23.0 Å². The summed E-state index contributed by atoms with van der Waals surface area (Å²) in [6, 6.07) is 14.0. The molecule has 0 saturated carbocycles. The zero-order chi connectivity index (χ0) is 20.1. The second-order valence-corrected chi connectivity index (χ2v) is 6.05. The molecular formula is C19H18N6O3. The molecule has 0 radical (unpaired) electrons. The highest BCUT2D eigenvalue weighted by Gasteiger charge is 2.23. The van der Waals surface area contributed by atoms with Crippen LogP contribution in [0.1, 0.15) is 21.5 Å². The van der Waals surface area contributed by atoms with Crippen molar-refractivity contribution in [1.82, 2.24) is 15.4 Å². The van der Waals surface area contributed by atoms with Crippen molar-refractivity contribution in [1.29, 1.82) is 0 Å². The highest BCUT2D eigenvalue weighted by molar-refractivity contribution is 5.95. The summed E-state index contributed by atoms with van der Waals surface area (Å²) in [4.78, 5) is 31.0. The van der Waals surface area contributed by atoms with Gasteiger partial charge in [-0.25, -0.2) is 9.97 Å². The number of benzene rings is 2. The van der Waals surface area contributed by atoms with E-state index in [1.165, 1.54) is 6.33 Å². The Labute approximate surface area is 161 Å². The molecule has 0 aliphatic carbocycles. The fourth-order valence-corrected chi connectivity index (χ4v) is 2.47. The summed E-state index contributed by atoms with van der Waals surface area (Å²) >= 11 is 0. The van der Waals surface area contributed by atoms with E-state index < -0.39 is 10.8 Å². The van der Waals surface area contributed by atoms with E-state index >= 15 is 0 Å². The fourth-order valence-electron chi connectivity index (χ4n) is 2.47. The highest BCUT2D eigenvalue weighted by atomic mass is 16.6. The van der Waals surface area contributed by atoms with E-state index in [1.54, 1.807) is 36.4 Å². The number of nitro groups is 1. The third kappa shape index (κ3) is 4.21. The number of aromatic nitrogens is 2. The molecule has 3 rings (SSSR count). The van der Waals surface area contributed by atoms with E-state index in [2.05, 4.69) is 26.1 Å². The Bertz CT molecular complexity index is 1020. The van der Waals surface area contributed by atoms with Gasteiger partial charge in [0.15, 0.2) is 0 Å². The van der Waals surface area contributed by atoms with Gasteiger partial charge in [0.1, 0.15) is 6.33 Å². The van der Waals surface area contributed by atoms with Crippen molar-refractivity contribution < 1.29 is 9.72 Å². The molecule has 1 heterocycles. The van der Waals surface area contributed by atoms with E-state index in [0.717, 1.165) is 11.1 Å². The molecule has 1 aromatic heterocycles. The molecule has 0 saturated heterocycles. The number of hydrazine groups is 1. The Morgan fingerprint density at radius 3 is 2.39 bits per heavy atom. The van der Waals surface area contributed by atoms with Gasteiger partial charge in [-0.15, -0.1) is 0 Å². The average Bonchev–Trinajstić information content (AvgIpc) is 2.69. The molecule has 3 N–H and O–H groups in total. The smallest absolute Gasteiger partial charge is 0.334 e. The number of nitrogens with zero attached hydrogens (tertiary/aromatic N) is 3. The van der Waals surface area contributed by atoms with E-state index in [0.29, 0.717) is 11.3 Å². The minimum Gasteiger partial charge on any atom is -0.334 e. The van der Waals surface area contributed by atoms with Gasteiger partial charge in [-0.3, -0.25) is 25.8 Å². The summed E-state index contributed by atoms with van der Waals surface area (Å²) in [6.07, 6.45) is 1.17. The first kappa shape index (κ1) is 18.8. The van der Waals surface area contributed by atoms with E-state index in [4.69, 9.17) is 0 Å². The predicted octanol–water partition coefficient (Wildman–Crippen LogP) is 3.50.